The number of carbonyl (C=O) groups excluding carboxylic acids is 1. The first-order valence-corrected chi connectivity index (χ1v) is 15.6. The van der Waals surface area contributed by atoms with Crippen LogP contribution >= 0.6 is 0 Å². The zero-order valence-electron chi connectivity index (χ0n) is 25.2. The van der Waals surface area contributed by atoms with Crippen LogP contribution in [-0.2, 0) is 7.05 Å². The van der Waals surface area contributed by atoms with E-state index in [0.29, 0.717) is 30.3 Å². The Morgan fingerprint density at radius 1 is 1.07 bits per heavy atom. The Labute approximate surface area is 251 Å². The summed E-state index contributed by atoms with van der Waals surface area (Å²) in [6, 6.07) is 8.78. The van der Waals surface area contributed by atoms with Crippen molar-refractivity contribution in [2.75, 3.05) is 18.4 Å². The van der Waals surface area contributed by atoms with Crippen LogP contribution in [-0.4, -0.2) is 65.0 Å². The number of anilines is 1. The first-order chi connectivity index (χ1) is 20.7. The van der Waals surface area contributed by atoms with Crippen molar-refractivity contribution in [3.8, 4) is 11.3 Å². The van der Waals surface area contributed by atoms with Gasteiger partial charge < -0.3 is 14.6 Å². The van der Waals surface area contributed by atoms with E-state index < -0.39 is 17.3 Å². The summed E-state index contributed by atoms with van der Waals surface area (Å²) >= 11 is 0. The van der Waals surface area contributed by atoms with E-state index in [0.717, 1.165) is 61.5 Å². The topological polar surface area (TPSA) is 101 Å². The second kappa shape index (κ2) is 10.8. The molecule has 9 nitrogen and oxygen atoms in total. The summed E-state index contributed by atoms with van der Waals surface area (Å²) in [5, 5.41) is 17.8. The Morgan fingerprint density at radius 2 is 1.81 bits per heavy atom. The molecule has 3 fully saturated rings. The standard InChI is InChI=1S/C33H40FN7O2/c1-20-26(19-36-39(20)3)30-29(34)25(10-15-35-30)31(42)38-32-37-27-18-22(21-11-16-40(17-12-21)23-5-6-23)4-7-28(27)41(32)24-8-13-33(2,43)14-9-24/h4,7,10,15,18-19,21,23-24,43H,5-6,8-9,11-14,16-17H2,1-3H3,(H,37,38,42). The minimum atomic E-state index is -0.695. The molecule has 1 aromatic carbocycles. The van der Waals surface area contributed by atoms with E-state index in [1.165, 1.54) is 30.7 Å². The zero-order chi connectivity index (χ0) is 29.9. The normalized spacial score (nSPS) is 23.6. The van der Waals surface area contributed by atoms with E-state index in [-0.39, 0.29) is 17.3 Å². The molecule has 10 heteroatoms. The number of carbonyl (C=O) groups is 1. The molecule has 3 aliphatic rings. The maximum atomic E-state index is 15.8. The summed E-state index contributed by atoms with van der Waals surface area (Å²) in [5.74, 6) is -0.364. The number of nitrogens with zero attached hydrogens (tertiary/aromatic N) is 6. The highest BCUT2D eigenvalue weighted by molar-refractivity contribution is 6.05. The van der Waals surface area contributed by atoms with Crippen LogP contribution in [0.1, 0.15) is 91.9 Å². The highest BCUT2D eigenvalue weighted by Crippen LogP contribution is 2.40. The van der Waals surface area contributed by atoms with Crippen molar-refractivity contribution in [3.63, 3.8) is 0 Å². The summed E-state index contributed by atoms with van der Waals surface area (Å²) in [4.78, 5) is 25.4. The molecule has 4 aromatic rings. The fourth-order valence-corrected chi connectivity index (χ4v) is 7.05. The maximum absolute atomic E-state index is 15.8. The SMILES string of the molecule is Cc1c(-c2nccc(C(=O)Nc3nc4cc(C5CCN(C6CC6)CC5)ccc4n3C3CCC(C)(O)CC3)c2F)cnn1C. The number of piperidine rings is 1. The molecule has 3 aromatic heterocycles. The predicted octanol–water partition coefficient (Wildman–Crippen LogP) is 5.74. The number of benzene rings is 1. The minimum Gasteiger partial charge on any atom is -0.390 e. The van der Waals surface area contributed by atoms with Crippen LogP contribution in [0.4, 0.5) is 10.3 Å². The molecule has 0 bridgehead atoms. The van der Waals surface area contributed by atoms with Gasteiger partial charge in [0.05, 0.1) is 28.4 Å². The number of aliphatic hydroxyl groups is 1. The van der Waals surface area contributed by atoms with E-state index in [1.807, 2.05) is 13.8 Å². The van der Waals surface area contributed by atoms with Gasteiger partial charge in [0.1, 0.15) is 5.69 Å². The molecule has 43 heavy (non-hydrogen) atoms. The van der Waals surface area contributed by atoms with E-state index >= 15 is 4.39 Å². The Balaban J connectivity index is 1.21. The number of aromatic nitrogens is 5. The van der Waals surface area contributed by atoms with Gasteiger partial charge in [-0.2, -0.15) is 5.10 Å². The Hall–Kier alpha value is -3.63. The van der Waals surface area contributed by atoms with Gasteiger partial charge in [0.25, 0.3) is 5.91 Å². The lowest BCUT2D eigenvalue weighted by Crippen LogP contribution is -2.34. The molecule has 226 valence electrons. The van der Waals surface area contributed by atoms with Crippen LogP contribution in [0.2, 0.25) is 0 Å². The molecule has 1 aliphatic heterocycles. The smallest absolute Gasteiger partial charge is 0.261 e. The Kier molecular flexibility index (Phi) is 7.09. The average molecular weight is 586 g/mol. The molecular weight excluding hydrogens is 545 g/mol. The monoisotopic (exact) mass is 585 g/mol. The quantitative estimate of drug-likeness (QED) is 0.299. The molecule has 1 amide bonds. The van der Waals surface area contributed by atoms with Crippen molar-refractivity contribution >= 4 is 22.9 Å². The lowest BCUT2D eigenvalue weighted by molar-refractivity contribution is 0.0106. The average Bonchev–Trinajstić information content (AvgIpc) is 3.72. The fraction of sp³-hybridized carbons (Fsp3) is 0.515. The second-order valence-corrected chi connectivity index (χ2v) is 13.1. The van der Waals surface area contributed by atoms with E-state index in [2.05, 4.69) is 43.1 Å². The van der Waals surface area contributed by atoms with Gasteiger partial charge in [-0.15, -0.1) is 0 Å². The summed E-state index contributed by atoms with van der Waals surface area (Å²) < 4.78 is 19.5. The van der Waals surface area contributed by atoms with Gasteiger partial charge in [0.15, 0.2) is 5.82 Å². The number of pyridine rings is 1. The zero-order valence-corrected chi connectivity index (χ0v) is 25.2. The molecule has 7 rings (SSSR count). The van der Waals surface area contributed by atoms with Gasteiger partial charge in [0, 0.05) is 36.6 Å². The molecule has 2 aliphatic carbocycles. The van der Waals surface area contributed by atoms with Crippen molar-refractivity contribution < 1.29 is 14.3 Å². The Morgan fingerprint density at radius 3 is 2.49 bits per heavy atom. The fourth-order valence-electron chi connectivity index (χ4n) is 7.05. The van der Waals surface area contributed by atoms with Crippen LogP contribution < -0.4 is 5.32 Å². The van der Waals surface area contributed by atoms with Crippen molar-refractivity contribution in [3.05, 3.63) is 59.3 Å². The van der Waals surface area contributed by atoms with Crippen molar-refractivity contribution in [2.45, 2.75) is 88.8 Å². The largest absolute Gasteiger partial charge is 0.390 e. The first kappa shape index (κ1) is 28.2. The third-order valence-electron chi connectivity index (χ3n) is 10.0. The van der Waals surface area contributed by atoms with Crippen LogP contribution in [0, 0.1) is 12.7 Å². The van der Waals surface area contributed by atoms with Crippen LogP contribution in [0.15, 0.2) is 36.7 Å². The number of aryl methyl sites for hydroxylation is 1. The molecule has 2 N–H and O–H groups in total. The molecule has 1 saturated heterocycles. The third-order valence-corrected chi connectivity index (χ3v) is 10.0. The third kappa shape index (κ3) is 5.35. The minimum absolute atomic E-state index is 0.0593. The maximum Gasteiger partial charge on any atom is 0.261 e. The highest BCUT2D eigenvalue weighted by atomic mass is 19.1. The van der Waals surface area contributed by atoms with Crippen molar-refractivity contribution in [1.82, 2.24) is 29.2 Å². The Bertz CT molecular complexity index is 1670. The number of nitrogens with one attached hydrogen (secondary N) is 1. The molecular formula is C33H40FN7O2. The van der Waals surface area contributed by atoms with Gasteiger partial charge in [-0.25, -0.2) is 9.37 Å². The number of imidazole rings is 1. The molecule has 2 saturated carbocycles. The van der Waals surface area contributed by atoms with E-state index in [4.69, 9.17) is 4.98 Å². The number of halogens is 1. The van der Waals surface area contributed by atoms with E-state index in [1.54, 1.807) is 17.9 Å². The predicted molar refractivity (Wildman–Crippen MR) is 164 cm³/mol. The second-order valence-electron chi connectivity index (χ2n) is 13.1. The molecule has 0 spiro atoms. The number of hydrogen-bond acceptors (Lipinski definition) is 6. The lowest BCUT2D eigenvalue weighted by Gasteiger charge is -2.34. The van der Waals surface area contributed by atoms with Gasteiger partial charge in [-0.3, -0.25) is 19.8 Å². The summed E-state index contributed by atoms with van der Waals surface area (Å²) in [6.07, 6.45) is 10.8. The van der Waals surface area contributed by atoms with Crippen LogP contribution in [0.3, 0.4) is 0 Å². The van der Waals surface area contributed by atoms with Gasteiger partial charge in [0.2, 0.25) is 5.95 Å². The van der Waals surface area contributed by atoms with Gasteiger partial charge in [-0.1, -0.05) is 6.07 Å². The first-order valence-electron chi connectivity index (χ1n) is 15.6. The highest BCUT2D eigenvalue weighted by Gasteiger charge is 2.34. The molecule has 4 heterocycles. The van der Waals surface area contributed by atoms with Crippen LogP contribution in [0.5, 0.6) is 0 Å². The number of fused-ring (bicyclic) bond motifs is 1. The summed E-state index contributed by atoms with van der Waals surface area (Å²) in [6.45, 7) is 6.00. The molecule has 0 radical (unpaired) electrons. The van der Waals surface area contributed by atoms with Gasteiger partial charge in [-0.05, 0) is 108 Å². The van der Waals surface area contributed by atoms with Gasteiger partial charge >= 0.3 is 0 Å². The van der Waals surface area contributed by atoms with E-state index in [9.17, 15) is 9.90 Å². The number of rotatable bonds is 6. The number of likely N-dealkylation sites (tertiary alicyclic amines) is 1. The van der Waals surface area contributed by atoms with Crippen LogP contribution in [0.25, 0.3) is 22.3 Å². The molecule has 0 atom stereocenters. The summed E-state index contributed by atoms with van der Waals surface area (Å²) in [7, 11) is 1.78. The van der Waals surface area contributed by atoms with Crippen molar-refractivity contribution in [2.24, 2.45) is 7.05 Å². The number of hydrogen-bond donors (Lipinski definition) is 2. The lowest BCUT2D eigenvalue weighted by atomic mass is 9.83. The van der Waals surface area contributed by atoms with Crippen molar-refractivity contribution in [1.29, 1.82) is 0 Å². The molecule has 0 unspecified atom stereocenters. The number of amides is 1. The summed E-state index contributed by atoms with van der Waals surface area (Å²) in [5.41, 5.74) is 3.67.